The highest BCUT2D eigenvalue weighted by atomic mass is 16.3. The highest BCUT2D eigenvalue weighted by molar-refractivity contribution is 5.46. The molecule has 1 aromatic carbocycles. The second-order valence-electron chi connectivity index (χ2n) is 5.17. The molecule has 2 aromatic rings. The average molecular weight is 271 g/mol. The minimum Gasteiger partial charge on any atom is -0.472 e. The Bertz CT molecular complexity index is 504. The van der Waals surface area contributed by atoms with Crippen LogP contribution >= 0.6 is 0 Å². The molecule has 0 bridgehead atoms. The van der Waals surface area contributed by atoms with Gasteiger partial charge in [-0.25, -0.2) is 0 Å². The number of anilines is 1. The van der Waals surface area contributed by atoms with E-state index in [0.29, 0.717) is 6.54 Å². The lowest BCUT2D eigenvalue weighted by Crippen LogP contribution is -2.49. The van der Waals surface area contributed by atoms with Crippen LogP contribution < -0.4 is 10.6 Å². The molecule has 4 heteroatoms. The first-order valence-electron chi connectivity index (χ1n) is 7.14. The molecule has 1 aliphatic heterocycles. The van der Waals surface area contributed by atoms with Crippen molar-refractivity contribution in [3.8, 4) is 0 Å². The van der Waals surface area contributed by atoms with E-state index in [1.165, 1.54) is 11.3 Å². The Morgan fingerprint density at radius 2 is 1.80 bits per heavy atom. The maximum atomic E-state index is 5.94. The summed E-state index contributed by atoms with van der Waals surface area (Å²) < 4.78 is 5.19. The highest BCUT2D eigenvalue weighted by Gasteiger charge is 2.24. The largest absolute Gasteiger partial charge is 0.472 e. The average Bonchev–Trinajstić information content (AvgIpc) is 3.04. The highest BCUT2D eigenvalue weighted by Crippen LogP contribution is 2.23. The first kappa shape index (κ1) is 13.2. The number of para-hydroxylation sites is 1. The fourth-order valence-electron chi connectivity index (χ4n) is 2.89. The van der Waals surface area contributed by atoms with Crippen LogP contribution in [0.3, 0.4) is 0 Å². The Morgan fingerprint density at radius 1 is 1.05 bits per heavy atom. The molecular formula is C16H21N3O. The molecule has 0 aliphatic carbocycles. The smallest absolute Gasteiger partial charge is 0.0950 e. The predicted octanol–water partition coefficient (Wildman–Crippen LogP) is 2.10. The van der Waals surface area contributed by atoms with Crippen molar-refractivity contribution in [2.75, 3.05) is 37.6 Å². The molecule has 106 valence electrons. The van der Waals surface area contributed by atoms with Crippen molar-refractivity contribution < 1.29 is 4.42 Å². The Kier molecular flexibility index (Phi) is 4.04. The Hall–Kier alpha value is -1.78. The first-order valence-corrected chi connectivity index (χ1v) is 7.14. The van der Waals surface area contributed by atoms with E-state index in [1.807, 2.05) is 6.07 Å². The number of nitrogens with two attached hydrogens (primary N) is 1. The summed E-state index contributed by atoms with van der Waals surface area (Å²) in [6.07, 6.45) is 3.53. The van der Waals surface area contributed by atoms with E-state index in [2.05, 4.69) is 40.1 Å². The molecule has 1 aromatic heterocycles. The zero-order valence-electron chi connectivity index (χ0n) is 11.6. The number of rotatable bonds is 4. The van der Waals surface area contributed by atoms with Crippen molar-refractivity contribution in [2.24, 2.45) is 5.73 Å². The van der Waals surface area contributed by atoms with Gasteiger partial charge in [-0.1, -0.05) is 18.2 Å². The second-order valence-corrected chi connectivity index (χ2v) is 5.17. The summed E-state index contributed by atoms with van der Waals surface area (Å²) in [5.41, 5.74) is 8.43. The summed E-state index contributed by atoms with van der Waals surface area (Å²) in [6.45, 7) is 4.77. The van der Waals surface area contributed by atoms with Crippen molar-refractivity contribution in [1.29, 1.82) is 0 Å². The fourth-order valence-corrected chi connectivity index (χ4v) is 2.89. The zero-order chi connectivity index (χ0) is 13.8. The van der Waals surface area contributed by atoms with Crippen LogP contribution in [-0.4, -0.2) is 37.6 Å². The Balaban J connectivity index is 1.63. The molecule has 2 N–H and O–H groups in total. The number of furan rings is 1. The maximum Gasteiger partial charge on any atom is 0.0950 e. The summed E-state index contributed by atoms with van der Waals surface area (Å²) in [5, 5.41) is 0. The van der Waals surface area contributed by atoms with E-state index < -0.39 is 0 Å². The van der Waals surface area contributed by atoms with Crippen LogP contribution in [0, 0.1) is 0 Å². The molecule has 1 unspecified atom stereocenters. The van der Waals surface area contributed by atoms with Crippen LogP contribution in [0.4, 0.5) is 5.69 Å². The molecule has 0 radical (unpaired) electrons. The minimum absolute atomic E-state index is 0.270. The van der Waals surface area contributed by atoms with E-state index in [0.717, 1.165) is 26.2 Å². The van der Waals surface area contributed by atoms with E-state index in [4.69, 9.17) is 10.2 Å². The van der Waals surface area contributed by atoms with E-state index >= 15 is 0 Å². The van der Waals surface area contributed by atoms with Crippen molar-refractivity contribution in [3.63, 3.8) is 0 Å². The number of benzene rings is 1. The van der Waals surface area contributed by atoms with Gasteiger partial charge in [-0.3, -0.25) is 4.90 Å². The second kappa shape index (κ2) is 6.11. The molecule has 0 spiro atoms. The van der Waals surface area contributed by atoms with Crippen LogP contribution in [-0.2, 0) is 0 Å². The van der Waals surface area contributed by atoms with Gasteiger partial charge in [0, 0.05) is 44.0 Å². The maximum absolute atomic E-state index is 5.94. The summed E-state index contributed by atoms with van der Waals surface area (Å²) in [4.78, 5) is 4.88. The molecule has 0 saturated carbocycles. The fraction of sp³-hybridized carbons (Fsp3) is 0.375. The van der Waals surface area contributed by atoms with Gasteiger partial charge in [-0.05, 0) is 18.2 Å². The molecule has 1 fully saturated rings. The Labute approximate surface area is 119 Å². The number of hydrogen-bond acceptors (Lipinski definition) is 4. The van der Waals surface area contributed by atoms with Crippen LogP contribution in [0.2, 0.25) is 0 Å². The topological polar surface area (TPSA) is 45.6 Å². The quantitative estimate of drug-likeness (QED) is 0.925. The van der Waals surface area contributed by atoms with Crippen LogP contribution in [0.1, 0.15) is 11.6 Å². The molecule has 1 saturated heterocycles. The number of piperazine rings is 1. The molecule has 2 heterocycles. The SMILES string of the molecule is NCC(c1ccoc1)N1CCN(c2ccccc2)CC1. The first-order chi connectivity index (χ1) is 9.88. The lowest BCUT2D eigenvalue weighted by atomic mass is 10.1. The van der Waals surface area contributed by atoms with Gasteiger partial charge in [0.15, 0.2) is 0 Å². The van der Waals surface area contributed by atoms with Gasteiger partial charge in [0.1, 0.15) is 0 Å². The summed E-state index contributed by atoms with van der Waals surface area (Å²) in [6, 6.07) is 12.9. The third-order valence-corrected chi connectivity index (χ3v) is 4.03. The van der Waals surface area contributed by atoms with Crippen LogP contribution in [0.5, 0.6) is 0 Å². The predicted molar refractivity (Wildman–Crippen MR) is 80.7 cm³/mol. The van der Waals surface area contributed by atoms with Gasteiger partial charge in [0.05, 0.1) is 18.6 Å². The third-order valence-electron chi connectivity index (χ3n) is 4.03. The summed E-state index contributed by atoms with van der Waals surface area (Å²) in [7, 11) is 0. The molecule has 0 amide bonds. The van der Waals surface area contributed by atoms with Crippen molar-refractivity contribution in [2.45, 2.75) is 6.04 Å². The molecule has 1 atom stereocenters. The Morgan fingerprint density at radius 3 is 2.40 bits per heavy atom. The molecular weight excluding hydrogens is 250 g/mol. The zero-order valence-corrected chi connectivity index (χ0v) is 11.6. The number of hydrogen-bond donors (Lipinski definition) is 1. The van der Waals surface area contributed by atoms with Crippen LogP contribution in [0.25, 0.3) is 0 Å². The van der Waals surface area contributed by atoms with E-state index in [-0.39, 0.29) is 6.04 Å². The lowest BCUT2D eigenvalue weighted by molar-refractivity contribution is 0.189. The lowest BCUT2D eigenvalue weighted by Gasteiger charge is -2.39. The van der Waals surface area contributed by atoms with E-state index in [9.17, 15) is 0 Å². The van der Waals surface area contributed by atoms with Gasteiger partial charge in [0.25, 0.3) is 0 Å². The molecule has 3 rings (SSSR count). The van der Waals surface area contributed by atoms with Crippen molar-refractivity contribution >= 4 is 5.69 Å². The van der Waals surface area contributed by atoms with Crippen LogP contribution in [0.15, 0.2) is 53.3 Å². The van der Waals surface area contributed by atoms with Crippen molar-refractivity contribution in [1.82, 2.24) is 4.90 Å². The van der Waals surface area contributed by atoms with Gasteiger partial charge >= 0.3 is 0 Å². The van der Waals surface area contributed by atoms with Gasteiger partial charge in [-0.15, -0.1) is 0 Å². The monoisotopic (exact) mass is 271 g/mol. The minimum atomic E-state index is 0.270. The third kappa shape index (κ3) is 2.71. The van der Waals surface area contributed by atoms with Gasteiger partial charge in [0.2, 0.25) is 0 Å². The summed E-state index contributed by atoms with van der Waals surface area (Å²) in [5.74, 6) is 0. The van der Waals surface area contributed by atoms with Gasteiger partial charge < -0.3 is 15.1 Å². The standard InChI is InChI=1S/C16H21N3O/c17-12-16(14-6-11-20-13-14)19-9-7-18(8-10-19)15-4-2-1-3-5-15/h1-6,11,13,16H,7-10,12,17H2. The van der Waals surface area contributed by atoms with E-state index in [1.54, 1.807) is 12.5 Å². The number of nitrogens with zero attached hydrogens (tertiary/aromatic N) is 2. The molecule has 1 aliphatic rings. The molecule has 20 heavy (non-hydrogen) atoms. The normalized spacial score (nSPS) is 18.1. The van der Waals surface area contributed by atoms with Crippen molar-refractivity contribution in [3.05, 3.63) is 54.5 Å². The summed E-state index contributed by atoms with van der Waals surface area (Å²) >= 11 is 0. The van der Waals surface area contributed by atoms with Gasteiger partial charge in [-0.2, -0.15) is 0 Å². The molecule has 4 nitrogen and oxygen atoms in total.